The molecule has 5 heteroatoms. The van der Waals surface area contributed by atoms with E-state index in [2.05, 4.69) is 14.9 Å². The summed E-state index contributed by atoms with van der Waals surface area (Å²) < 4.78 is 7.60. The molecular weight excluding hydrogens is 262 g/mol. The maximum absolute atomic E-state index is 6.25. The summed E-state index contributed by atoms with van der Waals surface area (Å²) in [5, 5.41) is 4.19. The number of benzene rings is 1. The number of nitrogens with one attached hydrogen (secondary N) is 1. The molecule has 0 aliphatic carbocycles. The zero-order valence-corrected chi connectivity index (χ0v) is 11.3. The van der Waals surface area contributed by atoms with Gasteiger partial charge in [-0.1, -0.05) is 29.8 Å². The summed E-state index contributed by atoms with van der Waals surface area (Å²) in [4.78, 5) is 4.24. The molecule has 1 aliphatic rings. The molecule has 1 aliphatic heterocycles. The van der Waals surface area contributed by atoms with Crippen LogP contribution in [-0.4, -0.2) is 35.4 Å². The van der Waals surface area contributed by atoms with Gasteiger partial charge in [0.15, 0.2) is 0 Å². The molecule has 0 amide bonds. The highest BCUT2D eigenvalue weighted by Gasteiger charge is 2.16. The lowest BCUT2D eigenvalue weighted by Crippen LogP contribution is -2.43. The van der Waals surface area contributed by atoms with Gasteiger partial charge in [-0.15, -0.1) is 0 Å². The van der Waals surface area contributed by atoms with Crippen LogP contribution in [0.25, 0.3) is 11.3 Å². The van der Waals surface area contributed by atoms with Gasteiger partial charge in [-0.05, 0) is 6.07 Å². The molecule has 1 aromatic heterocycles. The Labute approximate surface area is 117 Å². The van der Waals surface area contributed by atoms with Gasteiger partial charge in [0.25, 0.3) is 0 Å². The maximum atomic E-state index is 6.25. The van der Waals surface area contributed by atoms with Crippen LogP contribution in [0.3, 0.4) is 0 Å². The maximum Gasteiger partial charge on any atom is 0.0951 e. The number of nitrogens with zero attached hydrogens (tertiary/aromatic N) is 2. The van der Waals surface area contributed by atoms with Crippen LogP contribution in [0.15, 0.2) is 36.8 Å². The van der Waals surface area contributed by atoms with E-state index in [1.54, 1.807) is 0 Å². The Balaban J connectivity index is 1.84. The largest absolute Gasteiger partial charge is 0.378 e. The predicted octanol–water partition coefficient (Wildman–Crippen LogP) is 2.19. The van der Waals surface area contributed by atoms with Crippen molar-refractivity contribution in [1.82, 2.24) is 14.9 Å². The molecule has 1 fully saturated rings. The summed E-state index contributed by atoms with van der Waals surface area (Å²) in [5.74, 6) is 0. The minimum absolute atomic E-state index is 0.323. The molecular formula is C14H16ClN3O. The summed E-state index contributed by atoms with van der Waals surface area (Å²) in [7, 11) is 0. The summed E-state index contributed by atoms with van der Waals surface area (Å²) in [6.07, 6.45) is 3.69. The first kappa shape index (κ1) is 12.7. The lowest BCUT2D eigenvalue weighted by Gasteiger charge is -2.24. The normalized spacial score (nSPS) is 19.5. The van der Waals surface area contributed by atoms with Gasteiger partial charge in [-0.2, -0.15) is 0 Å². The number of hydrogen-bond acceptors (Lipinski definition) is 3. The van der Waals surface area contributed by atoms with Gasteiger partial charge >= 0.3 is 0 Å². The van der Waals surface area contributed by atoms with Crippen molar-refractivity contribution >= 4 is 11.6 Å². The number of hydrogen-bond donors (Lipinski definition) is 1. The fourth-order valence-electron chi connectivity index (χ4n) is 2.33. The van der Waals surface area contributed by atoms with Crippen molar-refractivity contribution in [2.75, 3.05) is 19.8 Å². The Hall–Kier alpha value is -1.36. The Morgan fingerprint density at radius 1 is 1.42 bits per heavy atom. The molecule has 19 heavy (non-hydrogen) atoms. The third kappa shape index (κ3) is 2.81. The van der Waals surface area contributed by atoms with Crippen molar-refractivity contribution in [3.05, 3.63) is 41.8 Å². The van der Waals surface area contributed by atoms with Gasteiger partial charge in [0.1, 0.15) is 0 Å². The van der Waals surface area contributed by atoms with Crippen molar-refractivity contribution in [2.24, 2.45) is 0 Å². The molecule has 1 N–H and O–H groups in total. The van der Waals surface area contributed by atoms with Gasteiger partial charge in [0.05, 0.1) is 31.4 Å². The topological polar surface area (TPSA) is 39.1 Å². The van der Waals surface area contributed by atoms with Crippen molar-refractivity contribution < 1.29 is 4.74 Å². The summed E-state index contributed by atoms with van der Waals surface area (Å²) >= 11 is 6.25. The highest BCUT2D eigenvalue weighted by Crippen LogP contribution is 2.27. The van der Waals surface area contributed by atoms with Gasteiger partial charge in [0, 0.05) is 29.7 Å². The second-order valence-electron chi connectivity index (χ2n) is 4.64. The van der Waals surface area contributed by atoms with Crippen LogP contribution < -0.4 is 5.32 Å². The quantitative estimate of drug-likeness (QED) is 0.935. The second-order valence-corrected chi connectivity index (χ2v) is 5.04. The molecule has 2 heterocycles. The molecule has 0 radical (unpaired) electrons. The highest BCUT2D eigenvalue weighted by molar-refractivity contribution is 6.33. The van der Waals surface area contributed by atoms with Crippen molar-refractivity contribution in [2.45, 2.75) is 12.6 Å². The van der Waals surface area contributed by atoms with Crippen LogP contribution in [0, 0.1) is 0 Å². The lowest BCUT2D eigenvalue weighted by molar-refractivity contribution is 0.0715. The van der Waals surface area contributed by atoms with Crippen LogP contribution in [0.1, 0.15) is 0 Å². The van der Waals surface area contributed by atoms with Gasteiger partial charge in [-0.25, -0.2) is 4.98 Å². The van der Waals surface area contributed by atoms with Gasteiger partial charge in [0.2, 0.25) is 0 Å². The molecule has 4 nitrogen and oxygen atoms in total. The molecule has 100 valence electrons. The third-order valence-electron chi connectivity index (χ3n) is 3.28. The lowest BCUT2D eigenvalue weighted by atomic mass is 10.1. The number of rotatable bonds is 3. The third-order valence-corrected chi connectivity index (χ3v) is 3.61. The van der Waals surface area contributed by atoms with Crippen LogP contribution >= 0.6 is 11.6 Å². The van der Waals surface area contributed by atoms with Crippen molar-refractivity contribution in [3.63, 3.8) is 0 Å². The van der Waals surface area contributed by atoms with E-state index in [9.17, 15) is 0 Å². The number of aromatic nitrogens is 2. The smallest absolute Gasteiger partial charge is 0.0951 e. The Morgan fingerprint density at radius 3 is 3.11 bits per heavy atom. The Kier molecular flexibility index (Phi) is 3.82. The minimum atomic E-state index is 0.323. The standard InChI is InChI=1S/C14H16ClN3O/c15-13-4-2-1-3-12(13)14-7-16-10-18(14)8-11-9-19-6-5-17-11/h1-4,7,10-11,17H,5-6,8-9H2. The summed E-state index contributed by atoms with van der Waals surface area (Å²) in [5.41, 5.74) is 2.05. The van der Waals surface area contributed by atoms with Gasteiger partial charge in [-0.3, -0.25) is 0 Å². The molecule has 3 rings (SSSR count). The first-order valence-electron chi connectivity index (χ1n) is 6.41. The van der Waals surface area contributed by atoms with E-state index in [4.69, 9.17) is 16.3 Å². The number of halogens is 1. The minimum Gasteiger partial charge on any atom is -0.378 e. The van der Waals surface area contributed by atoms with Crippen molar-refractivity contribution in [1.29, 1.82) is 0 Å². The molecule has 0 saturated carbocycles. The van der Waals surface area contributed by atoms with E-state index in [-0.39, 0.29) is 0 Å². The molecule has 1 atom stereocenters. The molecule has 1 unspecified atom stereocenters. The van der Waals surface area contributed by atoms with E-state index in [0.29, 0.717) is 6.04 Å². The fraction of sp³-hybridized carbons (Fsp3) is 0.357. The Morgan fingerprint density at radius 2 is 2.32 bits per heavy atom. The number of imidazole rings is 1. The van der Waals surface area contributed by atoms with Crippen LogP contribution in [0.5, 0.6) is 0 Å². The average Bonchev–Trinajstić information content (AvgIpc) is 2.88. The van der Waals surface area contributed by atoms with E-state index in [1.165, 1.54) is 0 Å². The zero-order chi connectivity index (χ0) is 13.1. The second kappa shape index (κ2) is 5.74. The fourth-order valence-corrected chi connectivity index (χ4v) is 2.57. The molecule has 1 aromatic carbocycles. The number of morpholine rings is 1. The highest BCUT2D eigenvalue weighted by atomic mass is 35.5. The predicted molar refractivity (Wildman–Crippen MR) is 75.3 cm³/mol. The van der Waals surface area contributed by atoms with Crippen LogP contribution in [-0.2, 0) is 11.3 Å². The van der Waals surface area contributed by atoms with E-state index in [1.807, 2.05) is 36.8 Å². The summed E-state index contributed by atoms with van der Waals surface area (Å²) in [6, 6.07) is 8.16. The molecule has 0 spiro atoms. The van der Waals surface area contributed by atoms with E-state index < -0.39 is 0 Å². The first-order valence-corrected chi connectivity index (χ1v) is 6.78. The molecule has 1 saturated heterocycles. The van der Waals surface area contributed by atoms with Crippen LogP contribution in [0.4, 0.5) is 0 Å². The number of ether oxygens (including phenoxy) is 1. The Bertz CT molecular complexity index is 549. The zero-order valence-electron chi connectivity index (χ0n) is 10.6. The first-order chi connectivity index (χ1) is 9.34. The molecule has 0 bridgehead atoms. The van der Waals surface area contributed by atoms with Crippen LogP contribution in [0.2, 0.25) is 5.02 Å². The molecule has 2 aromatic rings. The van der Waals surface area contributed by atoms with E-state index >= 15 is 0 Å². The monoisotopic (exact) mass is 277 g/mol. The van der Waals surface area contributed by atoms with Crippen molar-refractivity contribution in [3.8, 4) is 11.3 Å². The SMILES string of the molecule is Clc1ccccc1-c1cncn1CC1COCCN1. The van der Waals surface area contributed by atoms with Gasteiger partial charge < -0.3 is 14.6 Å². The summed E-state index contributed by atoms with van der Waals surface area (Å²) in [6.45, 7) is 3.26. The average molecular weight is 278 g/mol. The van der Waals surface area contributed by atoms with E-state index in [0.717, 1.165) is 42.6 Å².